The van der Waals surface area contributed by atoms with Crippen LogP contribution < -0.4 is 4.90 Å². The van der Waals surface area contributed by atoms with Crippen molar-refractivity contribution >= 4 is 22.2 Å². The van der Waals surface area contributed by atoms with Crippen molar-refractivity contribution in [2.75, 3.05) is 18.0 Å². The van der Waals surface area contributed by atoms with E-state index >= 15 is 0 Å². The van der Waals surface area contributed by atoms with Crippen molar-refractivity contribution in [3.8, 4) is 0 Å². The molecule has 2 aromatic heterocycles. The number of halogens is 1. The Bertz CT molecular complexity index is 1100. The van der Waals surface area contributed by atoms with E-state index in [1.165, 1.54) is 29.8 Å². The first-order valence-electron chi connectivity index (χ1n) is 8.90. The molecular weight excluding hydrogens is 329 g/mol. The molecule has 0 saturated heterocycles. The Labute approximate surface area is 150 Å². The van der Waals surface area contributed by atoms with Gasteiger partial charge in [-0.25, -0.2) is 18.9 Å². The van der Waals surface area contributed by atoms with Crippen LogP contribution in [0.25, 0.3) is 16.6 Å². The molecule has 130 valence electrons. The predicted octanol–water partition coefficient (Wildman–Crippen LogP) is 3.41. The average Bonchev–Trinajstić information content (AvgIpc) is 3.09. The van der Waals surface area contributed by atoms with E-state index in [1.54, 1.807) is 16.9 Å². The highest BCUT2D eigenvalue weighted by molar-refractivity contribution is 5.90. The average molecular weight is 347 g/mol. The van der Waals surface area contributed by atoms with E-state index in [-0.39, 0.29) is 5.82 Å². The number of fused-ring (bicyclic) bond motifs is 4. The summed E-state index contributed by atoms with van der Waals surface area (Å²) in [7, 11) is 0. The Kier molecular flexibility index (Phi) is 3.55. The second-order valence-corrected chi connectivity index (χ2v) is 6.67. The number of para-hydroxylation sites is 1. The summed E-state index contributed by atoms with van der Waals surface area (Å²) in [5.41, 5.74) is 4.06. The van der Waals surface area contributed by atoms with Gasteiger partial charge in [-0.3, -0.25) is 0 Å². The van der Waals surface area contributed by atoms with Crippen LogP contribution in [0.1, 0.15) is 17.8 Å². The molecule has 4 aromatic rings. The van der Waals surface area contributed by atoms with E-state index in [4.69, 9.17) is 0 Å². The van der Waals surface area contributed by atoms with Crippen molar-refractivity contribution < 1.29 is 4.39 Å². The molecule has 0 bridgehead atoms. The Morgan fingerprint density at radius 3 is 3.00 bits per heavy atom. The number of benzene rings is 2. The highest BCUT2D eigenvalue weighted by Crippen LogP contribution is 2.26. The van der Waals surface area contributed by atoms with Gasteiger partial charge in [0, 0.05) is 36.7 Å². The quantitative estimate of drug-likeness (QED) is 0.570. The van der Waals surface area contributed by atoms with Gasteiger partial charge < -0.3 is 4.90 Å². The molecule has 26 heavy (non-hydrogen) atoms. The molecule has 5 rings (SSSR count). The molecule has 0 amide bonds. The summed E-state index contributed by atoms with van der Waals surface area (Å²) < 4.78 is 15.1. The molecule has 1 aliphatic heterocycles. The lowest BCUT2D eigenvalue weighted by Gasteiger charge is -2.30. The molecule has 0 radical (unpaired) electrons. The van der Waals surface area contributed by atoms with Gasteiger partial charge in [0.1, 0.15) is 12.1 Å². The van der Waals surface area contributed by atoms with Crippen molar-refractivity contribution in [2.24, 2.45) is 0 Å². The third kappa shape index (κ3) is 2.58. The molecule has 0 N–H and O–H groups in total. The van der Waals surface area contributed by atoms with Gasteiger partial charge in [0.05, 0.1) is 5.52 Å². The van der Waals surface area contributed by atoms with Crippen LogP contribution in [-0.2, 0) is 12.8 Å². The van der Waals surface area contributed by atoms with E-state index in [0.29, 0.717) is 5.52 Å². The first-order valence-corrected chi connectivity index (χ1v) is 8.90. The number of hydrogen-bond donors (Lipinski definition) is 0. The van der Waals surface area contributed by atoms with E-state index in [2.05, 4.69) is 44.2 Å². The van der Waals surface area contributed by atoms with E-state index in [9.17, 15) is 4.39 Å². The molecule has 3 heterocycles. The number of anilines is 1. The summed E-state index contributed by atoms with van der Waals surface area (Å²) in [6.07, 6.45) is 4.69. The Balaban J connectivity index is 1.43. The van der Waals surface area contributed by atoms with Crippen molar-refractivity contribution in [1.82, 2.24) is 19.6 Å². The van der Waals surface area contributed by atoms with Crippen LogP contribution >= 0.6 is 0 Å². The Morgan fingerprint density at radius 1 is 1.12 bits per heavy atom. The molecule has 0 spiro atoms. The maximum Gasteiger partial charge on any atom is 0.166 e. The Morgan fingerprint density at radius 2 is 2.04 bits per heavy atom. The number of nitrogens with zero attached hydrogens (tertiary/aromatic N) is 5. The maximum atomic E-state index is 13.4. The SMILES string of the molecule is Fc1ccc2c(c1)ncn1nc(CCN3CCCc4ccccc43)nc21. The van der Waals surface area contributed by atoms with Gasteiger partial charge >= 0.3 is 0 Å². The van der Waals surface area contributed by atoms with Crippen LogP contribution in [0.3, 0.4) is 0 Å². The maximum absolute atomic E-state index is 13.4. The lowest BCUT2D eigenvalue weighted by Crippen LogP contribution is -2.31. The molecule has 1 aliphatic rings. The molecule has 6 heteroatoms. The van der Waals surface area contributed by atoms with E-state index in [1.807, 2.05) is 0 Å². The van der Waals surface area contributed by atoms with Gasteiger partial charge in [-0.2, -0.15) is 0 Å². The first-order chi connectivity index (χ1) is 12.8. The summed E-state index contributed by atoms with van der Waals surface area (Å²) in [6, 6.07) is 13.2. The Hall–Kier alpha value is -3.02. The van der Waals surface area contributed by atoms with Crippen LogP contribution in [0.2, 0.25) is 0 Å². The fraction of sp³-hybridized carbons (Fsp3) is 0.250. The summed E-state index contributed by atoms with van der Waals surface area (Å²) >= 11 is 0. The molecule has 0 atom stereocenters. The first kappa shape index (κ1) is 15.3. The van der Waals surface area contributed by atoms with E-state index < -0.39 is 0 Å². The van der Waals surface area contributed by atoms with Crippen LogP contribution in [0, 0.1) is 5.82 Å². The zero-order chi connectivity index (χ0) is 17.5. The summed E-state index contributed by atoms with van der Waals surface area (Å²) in [4.78, 5) is 11.4. The second-order valence-electron chi connectivity index (χ2n) is 6.67. The highest BCUT2D eigenvalue weighted by Gasteiger charge is 2.17. The number of hydrogen-bond acceptors (Lipinski definition) is 4. The van der Waals surface area contributed by atoms with Crippen LogP contribution in [0.5, 0.6) is 0 Å². The van der Waals surface area contributed by atoms with Crippen molar-refractivity contribution in [1.29, 1.82) is 0 Å². The molecule has 2 aromatic carbocycles. The molecule has 0 aliphatic carbocycles. The molecule has 0 fully saturated rings. The van der Waals surface area contributed by atoms with Crippen molar-refractivity contribution in [3.05, 3.63) is 66.0 Å². The fourth-order valence-corrected chi connectivity index (χ4v) is 3.73. The largest absolute Gasteiger partial charge is 0.371 e. The zero-order valence-corrected chi connectivity index (χ0v) is 14.3. The zero-order valence-electron chi connectivity index (χ0n) is 14.3. The third-order valence-electron chi connectivity index (χ3n) is 4.99. The lowest BCUT2D eigenvalue weighted by molar-refractivity contribution is 0.629. The fourth-order valence-electron chi connectivity index (χ4n) is 3.73. The van der Waals surface area contributed by atoms with Gasteiger partial charge in [-0.05, 0) is 36.6 Å². The summed E-state index contributed by atoms with van der Waals surface area (Å²) in [5, 5.41) is 5.36. The molecule has 0 unspecified atom stereocenters. The van der Waals surface area contributed by atoms with Crippen molar-refractivity contribution in [3.63, 3.8) is 0 Å². The van der Waals surface area contributed by atoms with Crippen LogP contribution in [0.4, 0.5) is 10.1 Å². The van der Waals surface area contributed by atoms with Gasteiger partial charge in [0.2, 0.25) is 0 Å². The summed E-state index contributed by atoms with van der Waals surface area (Å²) in [5.74, 6) is 0.490. The topological polar surface area (TPSA) is 46.3 Å². The summed E-state index contributed by atoms with van der Waals surface area (Å²) in [6.45, 7) is 1.95. The van der Waals surface area contributed by atoms with Crippen LogP contribution in [0.15, 0.2) is 48.8 Å². The second kappa shape index (κ2) is 6.05. The number of aryl methyl sites for hydroxylation is 1. The van der Waals surface area contributed by atoms with Crippen molar-refractivity contribution in [2.45, 2.75) is 19.3 Å². The smallest absolute Gasteiger partial charge is 0.166 e. The third-order valence-corrected chi connectivity index (χ3v) is 4.99. The minimum Gasteiger partial charge on any atom is -0.371 e. The van der Waals surface area contributed by atoms with Gasteiger partial charge in [-0.1, -0.05) is 18.2 Å². The van der Waals surface area contributed by atoms with E-state index in [0.717, 1.165) is 42.8 Å². The minimum absolute atomic E-state index is 0.294. The monoisotopic (exact) mass is 347 g/mol. The molecule has 5 nitrogen and oxygen atoms in total. The normalized spacial score (nSPS) is 14.1. The predicted molar refractivity (Wildman–Crippen MR) is 98.9 cm³/mol. The number of aromatic nitrogens is 4. The lowest BCUT2D eigenvalue weighted by atomic mass is 10.0. The minimum atomic E-state index is -0.294. The van der Waals surface area contributed by atoms with Gasteiger partial charge in [0.25, 0.3) is 0 Å². The highest BCUT2D eigenvalue weighted by atomic mass is 19.1. The van der Waals surface area contributed by atoms with Crippen LogP contribution in [-0.4, -0.2) is 32.7 Å². The standard InChI is InChI=1S/C20H18FN5/c21-15-7-8-16-17(12-15)22-13-26-20(16)23-19(24-26)9-11-25-10-3-5-14-4-1-2-6-18(14)25/h1-2,4,6-8,12-13H,3,5,9-11H2. The van der Waals surface area contributed by atoms with Gasteiger partial charge in [-0.15, -0.1) is 5.10 Å². The molecular formula is C20H18FN5. The number of rotatable bonds is 3. The van der Waals surface area contributed by atoms with Gasteiger partial charge in [0.15, 0.2) is 11.5 Å². The molecule has 0 saturated carbocycles.